The van der Waals surface area contributed by atoms with Crippen molar-refractivity contribution in [1.82, 2.24) is 9.88 Å². The predicted molar refractivity (Wildman–Crippen MR) is 76.0 cm³/mol. The first-order valence-electron chi connectivity index (χ1n) is 6.78. The summed E-state index contributed by atoms with van der Waals surface area (Å²) in [5.41, 5.74) is 7.41. The molecule has 0 radical (unpaired) electrons. The quantitative estimate of drug-likeness (QED) is 0.864. The van der Waals surface area contributed by atoms with Crippen molar-refractivity contribution in [3.63, 3.8) is 0 Å². The number of amides is 1. The molecule has 1 aliphatic rings. The Bertz CT molecular complexity index is 604. The Labute approximate surface area is 112 Å². The summed E-state index contributed by atoms with van der Waals surface area (Å²) in [6.45, 7) is 3.52. The Morgan fingerprint density at radius 3 is 3.05 bits per heavy atom. The number of aromatic nitrogens is 1. The molecule has 2 aromatic rings. The number of hydrogen-bond donors (Lipinski definition) is 2. The van der Waals surface area contributed by atoms with E-state index < -0.39 is 0 Å². The van der Waals surface area contributed by atoms with E-state index in [0.717, 1.165) is 29.4 Å². The fourth-order valence-corrected chi connectivity index (χ4v) is 3.01. The maximum absolute atomic E-state index is 12.7. The SMILES string of the molecule is CC1CC(CN)CN1C(=O)c1cccc2cc[nH]c12. The van der Waals surface area contributed by atoms with E-state index in [-0.39, 0.29) is 11.9 Å². The van der Waals surface area contributed by atoms with Gasteiger partial charge >= 0.3 is 0 Å². The van der Waals surface area contributed by atoms with Crippen LogP contribution < -0.4 is 5.73 Å². The van der Waals surface area contributed by atoms with Crippen molar-refractivity contribution in [3.05, 3.63) is 36.0 Å². The van der Waals surface area contributed by atoms with Gasteiger partial charge in [0.05, 0.1) is 11.1 Å². The molecule has 3 N–H and O–H groups in total. The average molecular weight is 257 g/mol. The number of nitrogens with two attached hydrogens (primary N) is 1. The first kappa shape index (κ1) is 12.2. The lowest BCUT2D eigenvalue weighted by Crippen LogP contribution is -2.34. The van der Waals surface area contributed by atoms with E-state index in [4.69, 9.17) is 5.73 Å². The lowest BCUT2D eigenvalue weighted by Gasteiger charge is -2.21. The summed E-state index contributed by atoms with van der Waals surface area (Å²) < 4.78 is 0. The number of aromatic amines is 1. The highest BCUT2D eigenvalue weighted by Crippen LogP contribution is 2.26. The van der Waals surface area contributed by atoms with E-state index in [1.807, 2.05) is 35.4 Å². The molecule has 100 valence electrons. The van der Waals surface area contributed by atoms with E-state index in [9.17, 15) is 4.79 Å². The molecular weight excluding hydrogens is 238 g/mol. The van der Waals surface area contributed by atoms with Crippen LogP contribution in [0.5, 0.6) is 0 Å². The highest BCUT2D eigenvalue weighted by atomic mass is 16.2. The number of fused-ring (bicyclic) bond motifs is 1. The molecule has 0 spiro atoms. The van der Waals surface area contributed by atoms with Gasteiger partial charge in [0.25, 0.3) is 5.91 Å². The van der Waals surface area contributed by atoms with Crippen LogP contribution in [0.25, 0.3) is 10.9 Å². The molecule has 1 saturated heterocycles. The Morgan fingerprint density at radius 1 is 1.47 bits per heavy atom. The first-order chi connectivity index (χ1) is 9.20. The molecule has 1 amide bonds. The fourth-order valence-electron chi connectivity index (χ4n) is 3.01. The number of benzene rings is 1. The Morgan fingerprint density at radius 2 is 2.32 bits per heavy atom. The maximum atomic E-state index is 12.7. The van der Waals surface area contributed by atoms with Crippen LogP contribution in [0.3, 0.4) is 0 Å². The molecule has 1 aliphatic heterocycles. The lowest BCUT2D eigenvalue weighted by molar-refractivity contribution is 0.0745. The topological polar surface area (TPSA) is 62.1 Å². The third-order valence-electron chi connectivity index (χ3n) is 4.07. The Kier molecular flexibility index (Phi) is 3.03. The second-order valence-electron chi connectivity index (χ2n) is 5.39. The molecule has 0 aliphatic carbocycles. The number of nitrogens with zero attached hydrogens (tertiary/aromatic N) is 1. The molecule has 1 aromatic heterocycles. The van der Waals surface area contributed by atoms with Gasteiger partial charge in [-0.25, -0.2) is 0 Å². The van der Waals surface area contributed by atoms with Crippen molar-refractivity contribution in [3.8, 4) is 0 Å². The minimum absolute atomic E-state index is 0.108. The van der Waals surface area contributed by atoms with Crippen molar-refractivity contribution < 1.29 is 4.79 Å². The number of hydrogen-bond acceptors (Lipinski definition) is 2. The van der Waals surface area contributed by atoms with Gasteiger partial charge in [-0.15, -0.1) is 0 Å². The highest BCUT2D eigenvalue weighted by Gasteiger charge is 2.32. The number of para-hydroxylation sites is 1. The number of carbonyl (C=O) groups is 1. The molecule has 1 aromatic carbocycles. The van der Waals surface area contributed by atoms with Gasteiger partial charge in [-0.3, -0.25) is 4.79 Å². The van der Waals surface area contributed by atoms with Crippen LogP contribution in [0.15, 0.2) is 30.5 Å². The number of likely N-dealkylation sites (tertiary alicyclic amines) is 1. The van der Waals surface area contributed by atoms with Gasteiger partial charge in [0, 0.05) is 24.2 Å². The third-order valence-corrected chi connectivity index (χ3v) is 4.07. The summed E-state index contributed by atoms with van der Waals surface area (Å²) in [6, 6.07) is 8.10. The van der Waals surface area contributed by atoms with Gasteiger partial charge < -0.3 is 15.6 Å². The summed E-state index contributed by atoms with van der Waals surface area (Å²) in [7, 11) is 0. The Balaban J connectivity index is 1.94. The zero-order valence-corrected chi connectivity index (χ0v) is 11.1. The molecular formula is C15H19N3O. The summed E-state index contributed by atoms with van der Waals surface area (Å²) >= 11 is 0. The van der Waals surface area contributed by atoms with E-state index in [2.05, 4.69) is 11.9 Å². The van der Waals surface area contributed by atoms with Crippen molar-refractivity contribution in [2.75, 3.05) is 13.1 Å². The van der Waals surface area contributed by atoms with Crippen LogP contribution in [-0.4, -0.2) is 34.9 Å². The van der Waals surface area contributed by atoms with E-state index in [1.165, 1.54) is 0 Å². The normalized spacial score (nSPS) is 23.2. The number of rotatable bonds is 2. The molecule has 19 heavy (non-hydrogen) atoms. The van der Waals surface area contributed by atoms with Crippen LogP contribution in [0.1, 0.15) is 23.7 Å². The zero-order valence-electron chi connectivity index (χ0n) is 11.1. The minimum Gasteiger partial charge on any atom is -0.361 e. The minimum atomic E-state index is 0.108. The summed E-state index contributed by atoms with van der Waals surface area (Å²) in [5, 5.41) is 1.08. The number of carbonyl (C=O) groups excluding carboxylic acids is 1. The van der Waals surface area contributed by atoms with Crippen molar-refractivity contribution in [2.24, 2.45) is 11.7 Å². The molecule has 2 heterocycles. The zero-order chi connectivity index (χ0) is 13.4. The van der Waals surface area contributed by atoms with Crippen LogP contribution in [0, 0.1) is 5.92 Å². The second kappa shape index (κ2) is 4.70. The highest BCUT2D eigenvalue weighted by molar-refractivity contribution is 6.05. The van der Waals surface area contributed by atoms with Gasteiger partial charge in [0.2, 0.25) is 0 Å². The van der Waals surface area contributed by atoms with Crippen molar-refractivity contribution in [1.29, 1.82) is 0 Å². The molecule has 3 rings (SSSR count). The van der Waals surface area contributed by atoms with Crippen LogP contribution in [-0.2, 0) is 0 Å². The molecule has 2 unspecified atom stereocenters. The lowest BCUT2D eigenvalue weighted by atomic mass is 10.1. The molecule has 0 saturated carbocycles. The predicted octanol–water partition coefficient (Wildman–Crippen LogP) is 1.98. The summed E-state index contributed by atoms with van der Waals surface area (Å²) in [6.07, 6.45) is 2.88. The number of H-pyrrole nitrogens is 1. The Hall–Kier alpha value is -1.81. The van der Waals surface area contributed by atoms with Gasteiger partial charge in [-0.05, 0) is 37.9 Å². The largest absolute Gasteiger partial charge is 0.361 e. The van der Waals surface area contributed by atoms with Crippen LogP contribution >= 0.6 is 0 Å². The molecule has 2 atom stereocenters. The number of nitrogens with one attached hydrogen (secondary N) is 1. The van der Waals surface area contributed by atoms with Crippen molar-refractivity contribution in [2.45, 2.75) is 19.4 Å². The molecule has 0 bridgehead atoms. The molecule has 1 fully saturated rings. The molecule has 4 nitrogen and oxygen atoms in total. The van der Waals surface area contributed by atoms with Crippen molar-refractivity contribution >= 4 is 16.8 Å². The van der Waals surface area contributed by atoms with Crippen LogP contribution in [0.4, 0.5) is 0 Å². The van der Waals surface area contributed by atoms with Gasteiger partial charge in [0.1, 0.15) is 0 Å². The maximum Gasteiger partial charge on any atom is 0.256 e. The van der Waals surface area contributed by atoms with E-state index in [0.29, 0.717) is 12.5 Å². The van der Waals surface area contributed by atoms with Gasteiger partial charge in [-0.1, -0.05) is 12.1 Å². The van der Waals surface area contributed by atoms with Gasteiger partial charge in [-0.2, -0.15) is 0 Å². The molecule has 4 heteroatoms. The van der Waals surface area contributed by atoms with Crippen LogP contribution in [0.2, 0.25) is 0 Å². The summed E-state index contributed by atoms with van der Waals surface area (Å²) in [4.78, 5) is 17.8. The standard InChI is InChI=1S/C15H19N3O/c1-10-7-11(8-16)9-18(10)15(19)13-4-2-3-12-5-6-17-14(12)13/h2-6,10-11,17H,7-9,16H2,1H3. The fraction of sp³-hybridized carbons (Fsp3) is 0.400. The second-order valence-corrected chi connectivity index (χ2v) is 5.39. The van der Waals surface area contributed by atoms with Gasteiger partial charge in [0.15, 0.2) is 0 Å². The van der Waals surface area contributed by atoms with E-state index in [1.54, 1.807) is 0 Å². The monoisotopic (exact) mass is 257 g/mol. The first-order valence-corrected chi connectivity index (χ1v) is 6.78. The third kappa shape index (κ3) is 2.02. The van der Waals surface area contributed by atoms with E-state index >= 15 is 0 Å². The smallest absolute Gasteiger partial charge is 0.256 e. The average Bonchev–Trinajstić information content (AvgIpc) is 3.03. The summed E-state index contributed by atoms with van der Waals surface area (Å²) in [5.74, 6) is 0.540.